The number of ether oxygens (including phenoxy) is 1. The number of rotatable bonds is 5. The Labute approximate surface area is 105 Å². The molecule has 0 saturated heterocycles. The highest BCUT2D eigenvalue weighted by molar-refractivity contribution is 7.13. The van der Waals surface area contributed by atoms with E-state index in [1.54, 1.807) is 0 Å². The molecule has 1 aromatic carbocycles. The molecule has 98 valence electrons. The van der Waals surface area contributed by atoms with E-state index in [4.69, 9.17) is 0 Å². The summed E-state index contributed by atoms with van der Waals surface area (Å²) in [6, 6.07) is 1.82. The topological polar surface area (TPSA) is 55.4 Å². The zero-order valence-corrected chi connectivity index (χ0v) is 10.7. The van der Waals surface area contributed by atoms with Crippen LogP contribution in [0.15, 0.2) is 18.2 Å². The zero-order chi connectivity index (χ0) is 13.7. The first-order valence-electron chi connectivity index (χ1n) is 5.00. The molecule has 0 aliphatic heterocycles. The average molecular weight is 275 g/mol. The van der Waals surface area contributed by atoms with Crippen LogP contribution in [0, 0.1) is 11.6 Å². The van der Waals surface area contributed by atoms with Gasteiger partial charge >= 0.3 is 5.97 Å². The molecule has 1 rings (SSSR count). The summed E-state index contributed by atoms with van der Waals surface area (Å²) in [6.07, 6.45) is -0.487. The van der Waals surface area contributed by atoms with Crippen molar-refractivity contribution in [3.05, 3.63) is 35.4 Å². The molecule has 2 unspecified atom stereocenters. The van der Waals surface area contributed by atoms with E-state index in [1.165, 1.54) is 0 Å². The number of hydrogen-bond donors (Lipinski definition) is 1. The maximum Gasteiger partial charge on any atom is 0.313 e. The van der Waals surface area contributed by atoms with E-state index in [0.29, 0.717) is 6.07 Å². The van der Waals surface area contributed by atoms with Crippen LogP contribution in [0.5, 0.6) is 0 Å². The minimum Gasteiger partial charge on any atom is -0.469 e. The normalized spacial score (nSPS) is 12.0. The Bertz CT molecular complexity index is 468. The van der Waals surface area contributed by atoms with Gasteiger partial charge < -0.3 is 4.74 Å². The number of carbonyl (C=O) groups excluding carboxylic acids is 2. The van der Waals surface area contributed by atoms with Gasteiger partial charge in [0.1, 0.15) is 18.1 Å². The van der Waals surface area contributed by atoms with Crippen molar-refractivity contribution in [2.24, 2.45) is 0 Å². The van der Waals surface area contributed by atoms with E-state index >= 15 is 0 Å². The van der Waals surface area contributed by atoms with Gasteiger partial charge in [-0.05, 0) is 6.07 Å². The van der Waals surface area contributed by atoms with Gasteiger partial charge in [0.15, 0.2) is 5.78 Å². The molecule has 7 heteroatoms. The minimum atomic E-state index is -1.05. The van der Waals surface area contributed by atoms with Crippen molar-refractivity contribution < 1.29 is 23.1 Å². The van der Waals surface area contributed by atoms with Crippen molar-refractivity contribution in [1.82, 2.24) is 5.09 Å². The SMILES string of the molecule is COC(=O)CC(=O)C(NP)c1ccc(F)cc1F. The summed E-state index contributed by atoms with van der Waals surface area (Å²) in [4.78, 5) is 22.7. The standard InChI is InChI=1S/C11H12F2NO3P/c1-17-10(16)5-9(15)11(14-18)7-3-2-6(12)4-8(7)13/h2-4,11,14H,5,18H2,1H3. The second-order valence-electron chi connectivity index (χ2n) is 3.48. The van der Waals surface area contributed by atoms with Gasteiger partial charge in [-0.3, -0.25) is 14.7 Å². The third-order valence-electron chi connectivity index (χ3n) is 2.31. The zero-order valence-electron chi connectivity index (χ0n) is 9.57. The number of halogens is 2. The molecule has 2 atom stereocenters. The number of hydrogen-bond acceptors (Lipinski definition) is 4. The van der Waals surface area contributed by atoms with Crippen LogP contribution in [0.3, 0.4) is 0 Å². The molecule has 0 aliphatic rings. The van der Waals surface area contributed by atoms with Gasteiger partial charge in [-0.15, -0.1) is 0 Å². The summed E-state index contributed by atoms with van der Waals surface area (Å²) in [5.74, 6) is -2.87. The fourth-order valence-electron chi connectivity index (χ4n) is 1.41. The Morgan fingerprint density at radius 3 is 2.61 bits per heavy atom. The van der Waals surface area contributed by atoms with Crippen molar-refractivity contribution in [3.63, 3.8) is 0 Å². The Kier molecular flexibility index (Phi) is 5.31. The van der Waals surface area contributed by atoms with Crippen LogP contribution < -0.4 is 5.09 Å². The number of Topliss-reactive ketones (excluding diaryl/α,β-unsaturated/α-hetero) is 1. The second-order valence-corrected chi connectivity index (χ2v) is 3.82. The average Bonchev–Trinajstić information content (AvgIpc) is 2.32. The molecular formula is C11H12F2NO3P. The highest BCUT2D eigenvalue weighted by atomic mass is 31.0. The second kappa shape index (κ2) is 6.52. The molecular weight excluding hydrogens is 263 g/mol. The molecule has 0 spiro atoms. The summed E-state index contributed by atoms with van der Waals surface area (Å²) >= 11 is 0. The Hall–Kier alpha value is -1.39. The number of benzene rings is 1. The van der Waals surface area contributed by atoms with Crippen LogP contribution in [-0.2, 0) is 14.3 Å². The molecule has 1 N–H and O–H groups in total. The van der Waals surface area contributed by atoms with Gasteiger partial charge in [0.2, 0.25) is 0 Å². The van der Waals surface area contributed by atoms with Crippen molar-refractivity contribution in [3.8, 4) is 0 Å². The van der Waals surface area contributed by atoms with E-state index in [1.807, 2.05) is 0 Å². The summed E-state index contributed by atoms with van der Waals surface area (Å²) < 4.78 is 30.6. The Morgan fingerprint density at radius 2 is 2.11 bits per heavy atom. The van der Waals surface area contributed by atoms with Crippen molar-refractivity contribution >= 4 is 21.1 Å². The highest BCUT2D eigenvalue weighted by Gasteiger charge is 2.24. The number of esters is 1. The summed E-state index contributed by atoms with van der Waals surface area (Å²) in [6.45, 7) is 0. The van der Waals surface area contributed by atoms with E-state index in [0.717, 1.165) is 19.2 Å². The third kappa shape index (κ3) is 3.55. The Balaban J connectivity index is 2.95. The third-order valence-corrected chi connectivity index (χ3v) is 2.64. The quantitative estimate of drug-likeness (QED) is 0.503. The van der Waals surface area contributed by atoms with Crippen molar-refractivity contribution in [1.29, 1.82) is 0 Å². The maximum atomic E-state index is 13.5. The van der Waals surface area contributed by atoms with E-state index < -0.39 is 35.8 Å². The lowest BCUT2D eigenvalue weighted by atomic mass is 10.0. The molecule has 0 aliphatic carbocycles. The summed E-state index contributed by atoms with van der Waals surface area (Å²) in [5, 5.41) is 2.50. The Morgan fingerprint density at radius 1 is 1.44 bits per heavy atom. The van der Waals surface area contributed by atoms with Gasteiger partial charge in [-0.1, -0.05) is 15.5 Å². The maximum absolute atomic E-state index is 13.5. The molecule has 0 fully saturated rings. The van der Waals surface area contributed by atoms with Gasteiger partial charge in [-0.2, -0.15) is 0 Å². The monoisotopic (exact) mass is 275 g/mol. The molecule has 0 heterocycles. The van der Waals surface area contributed by atoms with Crippen LogP contribution in [0.2, 0.25) is 0 Å². The molecule has 0 bridgehead atoms. The van der Waals surface area contributed by atoms with Crippen LogP contribution in [0.4, 0.5) is 8.78 Å². The largest absolute Gasteiger partial charge is 0.469 e. The summed E-state index contributed by atoms with van der Waals surface area (Å²) in [7, 11) is 3.21. The van der Waals surface area contributed by atoms with Crippen LogP contribution >= 0.6 is 9.39 Å². The fraction of sp³-hybridized carbons (Fsp3) is 0.273. The highest BCUT2D eigenvalue weighted by Crippen LogP contribution is 2.21. The predicted molar refractivity (Wildman–Crippen MR) is 63.6 cm³/mol. The number of carbonyl (C=O) groups is 2. The van der Waals surface area contributed by atoms with E-state index in [9.17, 15) is 18.4 Å². The minimum absolute atomic E-state index is 0.0275. The van der Waals surface area contributed by atoms with Gasteiger partial charge in [0, 0.05) is 11.6 Å². The first-order chi connectivity index (χ1) is 8.49. The first kappa shape index (κ1) is 14.7. The lowest BCUT2D eigenvalue weighted by molar-refractivity contribution is -0.143. The predicted octanol–water partition coefficient (Wildman–Crippen LogP) is 1.52. The lowest BCUT2D eigenvalue weighted by Gasteiger charge is -2.15. The summed E-state index contributed by atoms with van der Waals surface area (Å²) in [5.41, 5.74) is -0.0275. The van der Waals surface area contributed by atoms with Gasteiger partial charge in [0.05, 0.1) is 13.2 Å². The van der Waals surface area contributed by atoms with Gasteiger partial charge in [0.25, 0.3) is 0 Å². The molecule has 1 aromatic rings. The smallest absolute Gasteiger partial charge is 0.313 e. The van der Waals surface area contributed by atoms with Crippen molar-refractivity contribution in [2.75, 3.05) is 7.11 Å². The molecule has 4 nitrogen and oxygen atoms in total. The first-order valence-corrected chi connectivity index (χ1v) is 5.58. The van der Waals surface area contributed by atoms with Crippen molar-refractivity contribution in [2.45, 2.75) is 12.5 Å². The van der Waals surface area contributed by atoms with Crippen LogP contribution in [0.1, 0.15) is 18.0 Å². The number of methoxy groups -OCH3 is 1. The van der Waals surface area contributed by atoms with E-state index in [2.05, 4.69) is 19.2 Å². The molecule has 18 heavy (non-hydrogen) atoms. The molecule has 0 saturated carbocycles. The lowest BCUT2D eigenvalue weighted by Crippen LogP contribution is -2.25. The number of ketones is 1. The van der Waals surface area contributed by atoms with E-state index in [-0.39, 0.29) is 5.56 Å². The van der Waals surface area contributed by atoms with Gasteiger partial charge in [-0.25, -0.2) is 8.78 Å². The van der Waals surface area contributed by atoms with Crippen LogP contribution in [0.25, 0.3) is 0 Å². The van der Waals surface area contributed by atoms with Crippen LogP contribution in [-0.4, -0.2) is 18.9 Å². The fourth-order valence-corrected chi connectivity index (χ4v) is 1.77. The molecule has 0 aromatic heterocycles. The molecule has 0 amide bonds. The number of nitrogens with one attached hydrogen (secondary N) is 1. The molecule has 0 radical (unpaired) electrons.